The summed E-state index contributed by atoms with van der Waals surface area (Å²) in [6.45, 7) is 2.56. The number of anilines is 1. The summed E-state index contributed by atoms with van der Waals surface area (Å²) >= 11 is 0. The highest BCUT2D eigenvalue weighted by atomic mass is 16.4. The molecule has 0 unspecified atom stereocenters. The fourth-order valence-corrected chi connectivity index (χ4v) is 1.44. The predicted octanol–water partition coefficient (Wildman–Crippen LogP) is 1.98. The minimum absolute atomic E-state index is 0.638. The van der Waals surface area contributed by atoms with Crippen molar-refractivity contribution in [3.63, 3.8) is 0 Å². The van der Waals surface area contributed by atoms with E-state index >= 15 is 0 Å². The van der Waals surface area contributed by atoms with E-state index in [2.05, 4.69) is 5.32 Å². The van der Waals surface area contributed by atoms with Gasteiger partial charge in [-0.25, -0.2) is 4.79 Å². The van der Waals surface area contributed by atoms with Gasteiger partial charge < -0.3 is 10.8 Å². The van der Waals surface area contributed by atoms with Crippen molar-refractivity contribution in [3.8, 4) is 0 Å². The molecule has 4 N–H and O–H groups in total. The Bertz CT molecular complexity index is 350. The molecule has 0 spiro atoms. The number of carbonyl (C=O) groups is 1. The maximum Gasteiger partial charge on any atom is 0.409 e. The maximum atomic E-state index is 10.5. The first-order valence-corrected chi connectivity index (χ1v) is 4.93. The van der Waals surface area contributed by atoms with Crippen molar-refractivity contribution >= 4 is 11.8 Å². The molecule has 1 aromatic carbocycles. The molecule has 82 valence electrons. The topological polar surface area (TPSA) is 75.3 Å². The highest BCUT2D eigenvalue weighted by Gasteiger charge is 2.02. The second-order valence-corrected chi connectivity index (χ2v) is 3.47. The van der Waals surface area contributed by atoms with Gasteiger partial charge in [0.2, 0.25) is 0 Å². The van der Waals surface area contributed by atoms with Crippen molar-refractivity contribution in [3.05, 3.63) is 29.3 Å². The number of rotatable bonds is 4. The summed E-state index contributed by atoms with van der Waals surface area (Å²) in [5, 5.41) is 10.9. The Kier molecular flexibility index (Phi) is 4.12. The molecule has 0 aliphatic carbocycles. The molecule has 0 bridgehead atoms. The average molecular weight is 208 g/mol. The van der Waals surface area contributed by atoms with Gasteiger partial charge in [0, 0.05) is 5.69 Å². The van der Waals surface area contributed by atoms with Gasteiger partial charge in [0.05, 0.1) is 0 Å². The van der Waals surface area contributed by atoms with E-state index in [1.807, 2.05) is 19.1 Å². The summed E-state index contributed by atoms with van der Waals surface area (Å²) in [5.41, 5.74) is 8.18. The molecule has 15 heavy (non-hydrogen) atoms. The number of nitrogens with one attached hydrogen (secondary N) is 1. The second kappa shape index (κ2) is 5.36. The first-order valence-electron chi connectivity index (χ1n) is 4.93. The van der Waals surface area contributed by atoms with Crippen molar-refractivity contribution in [1.82, 2.24) is 0 Å². The van der Waals surface area contributed by atoms with Crippen LogP contribution in [0.5, 0.6) is 0 Å². The van der Waals surface area contributed by atoms with Crippen LogP contribution in [0.2, 0.25) is 0 Å². The number of aryl methyl sites for hydroxylation is 2. The Labute approximate surface area is 89.1 Å². The smallest absolute Gasteiger partial charge is 0.409 e. The van der Waals surface area contributed by atoms with Gasteiger partial charge in [0.25, 0.3) is 0 Å². The molecule has 1 amide bonds. The zero-order chi connectivity index (χ0) is 11.3. The van der Waals surface area contributed by atoms with E-state index in [4.69, 9.17) is 10.8 Å². The van der Waals surface area contributed by atoms with Crippen LogP contribution in [0.3, 0.4) is 0 Å². The minimum atomic E-state index is -1.03. The number of hydrogen-bond acceptors (Lipinski definition) is 2. The van der Waals surface area contributed by atoms with E-state index in [1.165, 1.54) is 5.56 Å². The first kappa shape index (κ1) is 11.5. The van der Waals surface area contributed by atoms with Gasteiger partial charge in [0.15, 0.2) is 0 Å². The summed E-state index contributed by atoms with van der Waals surface area (Å²) in [7, 11) is 0. The van der Waals surface area contributed by atoms with Gasteiger partial charge in [-0.15, -0.1) is 0 Å². The van der Waals surface area contributed by atoms with Crippen LogP contribution in [0.1, 0.15) is 17.5 Å². The van der Waals surface area contributed by atoms with Crippen molar-refractivity contribution in [2.45, 2.75) is 19.8 Å². The molecule has 0 atom stereocenters. The standard InChI is InChI=1S/C11H16N2O2/c1-8-7-9(3-2-6-12)4-5-10(8)13-11(14)15/h4-5,7,13H,2-3,6,12H2,1H3,(H,14,15). The van der Waals surface area contributed by atoms with E-state index < -0.39 is 6.09 Å². The average Bonchev–Trinajstić information content (AvgIpc) is 2.18. The molecule has 0 aliphatic heterocycles. The van der Waals surface area contributed by atoms with E-state index in [9.17, 15) is 4.79 Å². The summed E-state index contributed by atoms with van der Waals surface area (Å²) in [5.74, 6) is 0. The quantitative estimate of drug-likeness (QED) is 0.708. The van der Waals surface area contributed by atoms with Gasteiger partial charge in [-0.2, -0.15) is 0 Å². The van der Waals surface area contributed by atoms with Crippen molar-refractivity contribution in [2.24, 2.45) is 5.73 Å². The molecule has 1 rings (SSSR count). The van der Waals surface area contributed by atoms with Crippen LogP contribution in [0, 0.1) is 6.92 Å². The molecule has 1 aromatic rings. The largest absolute Gasteiger partial charge is 0.465 e. The molecule has 0 radical (unpaired) electrons. The van der Waals surface area contributed by atoms with Gasteiger partial charge in [0.1, 0.15) is 0 Å². The number of amides is 1. The zero-order valence-electron chi connectivity index (χ0n) is 8.79. The van der Waals surface area contributed by atoms with Gasteiger partial charge >= 0.3 is 6.09 Å². The molecule has 4 heteroatoms. The molecule has 0 aromatic heterocycles. The SMILES string of the molecule is Cc1cc(CCCN)ccc1NC(=O)O. The Hall–Kier alpha value is -1.55. The number of nitrogens with two attached hydrogens (primary N) is 1. The third-order valence-corrected chi connectivity index (χ3v) is 2.20. The molecule has 0 heterocycles. The third kappa shape index (κ3) is 3.59. The lowest BCUT2D eigenvalue weighted by molar-refractivity contribution is 0.209. The van der Waals surface area contributed by atoms with E-state index in [0.717, 1.165) is 18.4 Å². The molecule has 0 saturated heterocycles. The third-order valence-electron chi connectivity index (χ3n) is 2.20. The Morgan fingerprint density at radius 1 is 1.53 bits per heavy atom. The van der Waals surface area contributed by atoms with Gasteiger partial charge in [-0.1, -0.05) is 12.1 Å². The first-order chi connectivity index (χ1) is 7.13. The lowest BCUT2D eigenvalue weighted by Crippen LogP contribution is -2.08. The van der Waals surface area contributed by atoms with Crippen LogP contribution in [-0.2, 0) is 6.42 Å². The van der Waals surface area contributed by atoms with Crippen LogP contribution in [0.4, 0.5) is 10.5 Å². The molecular formula is C11H16N2O2. The molecule has 4 nitrogen and oxygen atoms in total. The van der Waals surface area contributed by atoms with Crippen molar-refractivity contribution in [2.75, 3.05) is 11.9 Å². The molecule has 0 fully saturated rings. The second-order valence-electron chi connectivity index (χ2n) is 3.47. The summed E-state index contributed by atoms with van der Waals surface area (Å²) in [6, 6.07) is 5.70. The molecular weight excluding hydrogens is 192 g/mol. The van der Waals surface area contributed by atoms with Crippen LogP contribution in [0.15, 0.2) is 18.2 Å². The highest BCUT2D eigenvalue weighted by molar-refractivity contribution is 5.83. The summed E-state index contributed by atoms with van der Waals surface area (Å²) < 4.78 is 0. The fourth-order valence-electron chi connectivity index (χ4n) is 1.44. The van der Waals surface area contributed by atoms with Gasteiger partial charge in [-0.3, -0.25) is 5.32 Å². The lowest BCUT2D eigenvalue weighted by Gasteiger charge is -2.07. The minimum Gasteiger partial charge on any atom is -0.465 e. The monoisotopic (exact) mass is 208 g/mol. The van der Waals surface area contributed by atoms with E-state index in [0.29, 0.717) is 12.2 Å². The molecule has 0 saturated carbocycles. The van der Waals surface area contributed by atoms with E-state index in [1.54, 1.807) is 6.07 Å². The Balaban J connectivity index is 2.74. The van der Waals surface area contributed by atoms with Crippen LogP contribution < -0.4 is 11.1 Å². The van der Waals surface area contributed by atoms with Crippen LogP contribution in [0.25, 0.3) is 0 Å². The van der Waals surface area contributed by atoms with Crippen LogP contribution >= 0.6 is 0 Å². The van der Waals surface area contributed by atoms with Crippen LogP contribution in [-0.4, -0.2) is 17.7 Å². The van der Waals surface area contributed by atoms with Crippen molar-refractivity contribution < 1.29 is 9.90 Å². The lowest BCUT2D eigenvalue weighted by atomic mass is 10.1. The fraction of sp³-hybridized carbons (Fsp3) is 0.364. The summed E-state index contributed by atoms with van der Waals surface area (Å²) in [6.07, 6.45) is 0.850. The Morgan fingerprint density at radius 3 is 2.80 bits per heavy atom. The van der Waals surface area contributed by atoms with Gasteiger partial charge in [-0.05, 0) is 43.5 Å². The normalized spacial score (nSPS) is 10.0. The van der Waals surface area contributed by atoms with E-state index in [-0.39, 0.29) is 0 Å². The summed E-state index contributed by atoms with van der Waals surface area (Å²) in [4.78, 5) is 10.5. The maximum absolute atomic E-state index is 10.5. The predicted molar refractivity (Wildman–Crippen MR) is 60.2 cm³/mol. The molecule has 0 aliphatic rings. The Morgan fingerprint density at radius 2 is 2.27 bits per heavy atom. The number of hydrogen-bond donors (Lipinski definition) is 3. The van der Waals surface area contributed by atoms with Crippen molar-refractivity contribution in [1.29, 1.82) is 0 Å². The number of carboxylic acid groups (broad SMARTS) is 1. The highest BCUT2D eigenvalue weighted by Crippen LogP contribution is 2.17. The number of benzene rings is 1. The zero-order valence-corrected chi connectivity index (χ0v) is 8.79.